The second-order valence-corrected chi connectivity index (χ2v) is 20.0. The van der Waals surface area contributed by atoms with Crippen LogP contribution in [-0.2, 0) is 47.1 Å². The number of benzene rings is 3. The van der Waals surface area contributed by atoms with E-state index in [0.29, 0.717) is 52.3 Å². The minimum absolute atomic E-state index is 0.0399. The summed E-state index contributed by atoms with van der Waals surface area (Å²) in [6.45, 7) is 15.2. The van der Waals surface area contributed by atoms with Crippen LogP contribution in [-0.4, -0.2) is 80.2 Å². The molecular formula is C47H56N2O11S2. The highest BCUT2D eigenvalue weighted by Gasteiger charge is 2.41. The minimum Gasteiger partial charge on any atom is -0.481 e. The molecule has 62 heavy (non-hydrogen) atoms. The molecule has 0 saturated carbocycles. The lowest BCUT2D eigenvalue weighted by Crippen LogP contribution is -2.29. The molecule has 0 aromatic heterocycles. The maximum absolute atomic E-state index is 12.8. The molecule has 5 rings (SSSR count). The monoisotopic (exact) mass is 888 g/mol. The van der Waals surface area contributed by atoms with Crippen molar-refractivity contribution in [2.45, 2.75) is 87.3 Å². The maximum Gasteiger partial charge on any atom is 0.307 e. The molecule has 0 spiro atoms. The van der Waals surface area contributed by atoms with Crippen LogP contribution >= 0.6 is 0 Å². The van der Waals surface area contributed by atoms with Crippen LogP contribution in [0.25, 0.3) is 0 Å². The third kappa shape index (κ3) is 11.0. The number of aryl methyl sites for hydroxylation is 2. The van der Waals surface area contributed by atoms with Crippen molar-refractivity contribution in [3.8, 4) is 5.75 Å². The second-order valence-electron chi connectivity index (χ2n) is 17.2. The molecule has 13 nitrogen and oxygen atoms in total. The lowest BCUT2D eigenvalue weighted by atomic mass is 9.76. The van der Waals surface area contributed by atoms with Gasteiger partial charge in [-0.1, -0.05) is 70.7 Å². The number of carboxylic acids is 2. The second kappa shape index (κ2) is 18.6. The largest absolute Gasteiger partial charge is 0.481 e. The van der Waals surface area contributed by atoms with Crippen molar-refractivity contribution < 1.29 is 50.5 Å². The Hall–Kier alpha value is -5.32. The molecule has 1 unspecified atom stereocenters. The summed E-state index contributed by atoms with van der Waals surface area (Å²) in [6.07, 6.45) is 8.53. The molecule has 0 radical (unpaired) electrons. The van der Waals surface area contributed by atoms with Gasteiger partial charge in [0.25, 0.3) is 20.2 Å². The van der Waals surface area contributed by atoms with Crippen LogP contribution in [0.1, 0.15) is 75.6 Å². The number of ether oxygens (including phenoxy) is 1. The van der Waals surface area contributed by atoms with E-state index in [9.17, 15) is 45.7 Å². The van der Waals surface area contributed by atoms with Gasteiger partial charge in [0.15, 0.2) is 0 Å². The normalized spacial score (nSPS) is 18.2. The molecule has 15 heteroatoms. The number of aliphatic carboxylic acids is 2. The zero-order valence-corrected chi connectivity index (χ0v) is 37.8. The highest BCUT2D eigenvalue weighted by atomic mass is 32.2. The number of rotatable bonds is 17. The first-order chi connectivity index (χ1) is 28.8. The smallest absolute Gasteiger partial charge is 0.307 e. The Morgan fingerprint density at radius 3 is 2.16 bits per heavy atom. The van der Waals surface area contributed by atoms with E-state index in [1.54, 1.807) is 48.6 Å². The van der Waals surface area contributed by atoms with Gasteiger partial charge in [0.2, 0.25) is 0 Å². The molecule has 0 saturated heterocycles. The first-order valence-electron chi connectivity index (χ1n) is 20.2. The van der Waals surface area contributed by atoms with E-state index < -0.39 is 48.9 Å². The van der Waals surface area contributed by atoms with E-state index in [4.69, 9.17) is 4.74 Å². The Morgan fingerprint density at radius 1 is 0.935 bits per heavy atom. The minimum atomic E-state index is -4.49. The predicted octanol–water partition coefficient (Wildman–Crippen LogP) is 8.28. The molecule has 3 aromatic carbocycles. The molecular weight excluding hydrogens is 833 g/mol. The molecule has 1 heterocycles. The van der Waals surface area contributed by atoms with Gasteiger partial charge < -0.3 is 24.7 Å². The number of nitrogens with zero attached hydrogens (tertiary/aromatic N) is 2. The van der Waals surface area contributed by atoms with Crippen LogP contribution in [0.5, 0.6) is 5.75 Å². The fourth-order valence-electron chi connectivity index (χ4n) is 7.98. The van der Waals surface area contributed by atoms with Crippen molar-refractivity contribution in [2.75, 3.05) is 32.1 Å². The quantitative estimate of drug-likeness (QED) is 0.0747. The van der Waals surface area contributed by atoms with Crippen LogP contribution < -0.4 is 9.64 Å². The summed E-state index contributed by atoms with van der Waals surface area (Å²) in [5.74, 6) is -1.93. The average Bonchev–Trinajstić information content (AvgIpc) is 3.39. The number of carboxylic acid groups (broad SMARTS) is 2. The van der Waals surface area contributed by atoms with Crippen LogP contribution in [0.15, 0.2) is 130 Å². The summed E-state index contributed by atoms with van der Waals surface area (Å²) >= 11 is 0. The third-order valence-electron chi connectivity index (χ3n) is 11.7. The van der Waals surface area contributed by atoms with Gasteiger partial charge >= 0.3 is 11.9 Å². The highest BCUT2D eigenvalue weighted by molar-refractivity contribution is 7.86. The van der Waals surface area contributed by atoms with Crippen LogP contribution in [0.3, 0.4) is 0 Å². The standard InChI is InChI=1S/C47H56N2O11S2/c1-30-10-19-37(61(54,55)56)28-39(30)46(3,4)31(2)11-15-33-26-35(45(52)53)27-34(44(33)60-36-17-12-32(13-18-36)14-23-43(50)51)16-22-42-47(5,6)40-29-38(62(57,58)59)20-21-41(40)49(42)25-9-24-48(7)8/h10-13,15-22,28-29,35H,2,9,14,23-27H2,1,3-8H3,(H,50,51)(H,52,53)(H,54,55,56)(H,57,58,59)/b15-11+,34-16+,42-22+. The van der Waals surface area contributed by atoms with Gasteiger partial charge in [-0.3, -0.25) is 18.7 Å². The summed E-state index contributed by atoms with van der Waals surface area (Å²) in [5.41, 5.74) is 4.60. The Kier molecular flexibility index (Phi) is 14.3. The molecule has 3 aromatic rings. The molecule has 1 aliphatic heterocycles. The van der Waals surface area contributed by atoms with Crippen molar-refractivity contribution in [3.63, 3.8) is 0 Å². The Bertz CT molecular complexity index is 2600. The number of hydrogen-bond donors (Lipinski definition) is 4. The van der Waals surface area contributed by atoms with Crippen LogP contribution in [0, 0.1) is 12.8 Å². The Balaban J connectivity index is 1.67. The van der Waals surface area contributed by atoms with E-state index in [-0.39, 0.29) is 29.1 Å². The predicted molar refractivity (Wildman–Crippen MR) is 239 cm³/mol. The SMILES string of the molecule is C=C(/C=C/C1=C(Oc2ccc(CCC(=O)O)cc2)C(=C/C=C2/N(CCCN(C)C)c3ccc(S(=O)(=O)O)cc3C2(C)C)/CC(C(=O)O)C1)C(C)(C)c1cc(S(=O)(=O)O)ccc1C. The molecule has 0 bridgehead atoms. The van der Waals surface area contributed by atoms with Crippen molar-refractivity contribution in [3.05, 3.63) is 142 Å². The van der Waals surface area contributed by atoms with E-state index in [1.165, 1.54) is 24.3 Å². The van der Waals surface area contributed by atoms with Crippen molar-refractivity contribution in [2.24, 2.45) is 5.92 Å². The molecule has 4 N–H and O–H groups in total. The zero-order valence-electron chi connectivity index (χ0n) is 36.2. The third-order valence-corrected chi connectivity index (χ3v) is 13.4. The Labute approximate surface area is 364 Å². The van der Waals surface area contributed by atoms with Crippen molar-refractivity contribution in [1.29, 1.82) is 0 Å². The summed E-state index contributed by atoms with van der Waals surface area (Å²) in [4.78, 5) is 27.7. The summed E-state index contributed by atoms with van der Waals surface area (Å²) < 4.78 is 75.0. The van der Waals surface area contributed by atoms with E-state index in [1.807, 2.05) is 60.9 Å². The molecule has 2 aliphatic rings. The van der Waals surface area contributed by atoms with E-state index in [2.05, 4.69) is 16.4 Å². The van der Waals surface area contributed by atoms with Crippen molar-refractivity contribution in [1.82, 2.24) is 4.90 Å². The average molecular weight is 889 g/mol. The van der Waals surface area contributed by atoms with Gasteiger partial charge in [0.05, 0.1) is 15.7 Å². The van der Waals surface area contributed by atoms with E-state index in [0.717, 1.165) is 35.5 Å². The summed E-state index contributed by atoms with van der Waals surface area (Å²) in [5, 5.41) is 19.7. The Morgan fingerprint density at radius 2 is 1.56 bits per heavy atom. The fourth-order valence-corrected chi connectivity index (χ4v) is 8.99. The number of carbonyl (C=O) groups is 2. The molecule has 0 amide bonds. The maximum atomic E-state index is 12.8. The van der Waals surface area contributed by atoms with Gasteiger partial charge in [0.1, 0.15) is 11.5 Å². The molecule has 1 aliphatic carbocycles. The van der Waals surface area contributed by atoms with Gasteiger partial charge in [-0.05, 0) is 141 Å². The van der Waals surface area contributed by atoms with E-state index >= 15 is 0 Å². The summed E-state index contributed by atoms with van der Waals surface area (Å²) in [6, 6.07) is 15.9. The van der Waals surface area contributed by atoms with Gasteiger partial charge in [-0.25, -0.2) is 0 Å². The topological polar surface area (TPSA) is 199 Å². The fraction of sp³-hybridized carbons (Fsp3) is 0.362. The first kappa shape index (κ1) is 47.7. The van der Waals surface area contributed by atoms with Gasteiger partial charge in [-0.15, -0.1) is 0 Å². The highest BCUT2D eigenvalue weighted by Crippen LogP contribution is 2.49. The summed E-state index contributed by atoms with van der Waals surface area (Å²) in [7, 11) is -5.02. The number of fused-ring (bicyclic) bond motifs is 1. The first-order valence-corrected chi connectivity index (χ1v) is 23.0. The molecule has 332 valence electrons. The lowest BCUT2D eigenvalue weighted by Gasteiger charge is -2.30. The molecule has 1 atom stereocenters. The molecule has 0 fully saturated rings. The zero-order chi connectivity index (χ0) is 45.9. The number of allylic oxidation sites excluding steroid dienone is 8. The van der Waals surface area contributed by atoms with Crippen molar-refractivity contribution >= 4 is 37.9 Å². The van der Waals surface area contributed by atoms with Gasteiger partial charge in [-0.2, -0.15) is 16.8 Å². The number of hydrogen-bond acceptors (Lipinski definition) is 9. The van der Waals surface area contributed by atoms with Crippen LogP contribution in [0.2, 0.25) is 0 Å². The number of anilines is 1. The van der Waals surface area contributed by atoms with Crippen LogP contribution in [0.4, 0.5) is 5.69 Å². The van der Waals surface area contributed by atoms with Gasteiger partial charge in [0, 0.05) is 35.2 Å². The lowest BCUT2D eigenvalue weighted by molar-refractivity contribution is -0.141.